The molecule has 0 aromatic carbocycles. The van der Waals surface area contributed by atoms with Crippen LogP contribution in [0.2, 0.25) is 0 Å². The number of esters is 1. The Morgan fingerprint density at radius 3 is 2.27 bits per heavy atom. The fraction of sp³-hybridized carbons (Fsp3) is 0.786. The van der Waals surface area contributed by atoms with E-state index in [2.05, 4.69) is 0 Å². The quantitative estimate of drug-likeness (QED) is 0.782. The van der Waals surface area contributed by atoms with E-state index < -0.39 is 18.1 Å². The molecule has 2 atom stereocenters. The normalized spacial score (nSPS) is 19.8. The molecule has 1 saturated heterocycles. The summed E-state index contributed by atoms with van der Waals surface area (Å²) >= 11 is 0. The van der Waals surface area contributed by atoms with Gasteiger partial charge in [0.1, 0.15) is 6.04 Å². The molecule has 8 heteroatoms. The maximum Gasteiger partial charge on any atom is 0.407 e. The van der Waals surface area contributed by atoms with Crippen LogP contribution in [-0.4, -0.2) is 83.8 Å². The third-order valence-corrected chi connectivity index (χ3v) is 3.94. The zero-order chi connectivity index (χ0) is 17.0. The van der Waals surface area contributed by atoms with Gasteiger partial charge in [-0.15, -0.1) is 0 Å². The molecule has 1 N–H and O–H groups in total. The van der Waals surface area contributed by atoms with E-state index in [1.807, 2.05) is 13.8 Å². The number of hydrogen-bond acceptors (Lipinski definition) is 4. The van der Waals surface area contributed by atoms with Gasteiger partial charge in [0.15, 0.2) is 0 Å². The van der Waals surface area contributed by atoms with Crippen LogP contribution in [0.4, 0.5) is 9.59 Å². The van der Waals surface area contributed by atoms with E-state index in [4.69, 9.17) is 9.84 Å². The molecule has 0 radical (unpaired) electrons. The molecule has 8 nitrogen and oxygen atoms in total. The van der Waals surface area contributed by atoms with Crippen molar-refractivity contribution in [2.24, 2.45) is 5.92 Å². The maximum absolute atomic E-state index is 12.6. The van der Waals surface area contributed by atoms with E-state index in [0.717, 1.165) is 0 Å². The highest BCUT2D eigenvalue weighted by Gasteiger charge is 2.36. The molecule has 0 saturated carbocycles. The minimum absolute atomic E-state index is 0.0841. The highest BCUT2D eigenvalue weighted by molar-refractivity contribution is 5.84. The highest BCUT2D eigenvalue weighted by atomic mass is 16.5. The van der Waals surface area contributed by atoms with Crippen LogP contribution < -0.4 is 0 Å². The number of methoxy groups -OCH3 is 1. The van der Waals surface area contributed by atoms with Crippen molar-refractivity contribution in [1.82, 2.24) is 14.7 Å². The summed E-state index contributed by atoms with van der Waals surface area (Å²) in [5.41, 5.74) is 0. The van der Waals surface area contributed by atoms with Crippen LogP contribution >= 0.6 is 0 Å². The molecule has 1 heterocycles. The average molecular weight is 315 g/mol. The van der Waals surface area contributed by atoms with Gasteiger partial charge in [-0.1, -0.05) is 13.8 Å². The first kappa shape index (κ1) is 18.1. The zero-order valence-electron chi connectivity index (χ0n) is 13.8. The summed E-state index contributed by atoms with van der Waals surface area (Å²) in [7, 11) is 2.86. The van der Waals surface area contributed by atoms with E-state index in [1.54, 1.807) is 18.9 Å². The van der Waals surface area contributed by atoms with Gasteiger partial charge in [-0.3, -0.25) is 0 Å². The second-order valence-corrected chi connectivity index (χ2v) is 5.88. The second-order valence-electron chi connectivity index (χ2n) is 5.88. The lowest BCUT2D eigenvalue weighted by molar-refractivity contribution is -0.147. The van der Waals surface area contributed by atoms with Crippen LogP contribution in [0.3, 0.4) is 0 Å². The van der Waals surface area contributed by atoms with Crippen LogP contribution in [-0.2, 0) is 9.53 Å². The van der Waals surface area contributed by atoms with Crippen molar-refractivity contribution in [2.75, 3.05) is 33.8 Å². The number of ether oxygens (including phenoxy) is 1. The lowest BCUT2D eigenvalue weighted by Gasteiger charge is -2.41. The van der Waals surface area contributed by atoms with E-state index in [-0.39, 0.29) is 24.5 Å². The Kier molecular flexibility index (Phi) is 6.01. The molecular weight excluding hydrogens is 290 g/mol. The lowest BCUT2D eigenvalue weighted by atomic mass is 10.0. The Morgan fingerprint density at radius 1 is 1.27 bits per heavy atom. The van der Waals surface area contributed by atoms with Gasteiger partial charge in [-0.25, -0.2) is 14.4 Å². The summed E-state index contributed by atoms with van der Waals surface area (Å²) in [6, 6.07) is -1.23. The molecule has 0 aromatic rings. The number of nitrogens with zero attached hydrogens (tertiary/aromatic N) is 3. The summed E-state index contributed by atoms with van der Waals surface area (Å²) in [6.45, 7) is 6.33. The molecule has 0 aromatic heterocycles. The minimum Gasteiger partial charge on any atom is -0.467 e. The zero-order valence-corrected chi connectivity index (χ0v) is 13.8. The lowest BCUT2D eigenvalue weighted by Crippen LogP contribution is -2.59. The van der Waals surface area contributed by atoms with Gasteiger partial charge in [0.25, 0.3) is 0 Å². The number of carbonyl (C=O) groups excluding carboxylic acids is 2. The fourth-order valence-corrected chi connectivity index (χ4v) is 2.76. The molecule has 1 aliphatic rings. The molecule has 0 aliphatic carbocycles. The number of hydrogen-bond donors (Lipinski definition) is 1. The third-order valence-electron chi connectivity index (χ3n) is 3.94. The van der Waals surface area contributed by atoms with Crippen LogP contribution in [0.1, 0.15) is 20.8 Å². The Morgan fingerprint density at radius 2 is 1.86 bits per heavy atom. The Balaban J connectivity index is 2.79. The van der Waals surface area contributed by atoms with Crippen LogP contribution in [0.25, 0.3) is 0 Å². The number of amides is 3. The summed E-state index contributed by atoms with van der Waals surface area (Å²) in [4.78, 5) is 39.7. The van der Waals surface area contributed by atoms with Gasteiger partial charge >= 0.3 is 18.1 Å². The van der Waals surface area contributed by atoms with E-state index in [1.165, 1.54) is 16.9 Å². The molecule has 126 valence electrons. The topological polar surface area (TPSA) is 90.4 Å². The number of piperazine rings is 1. The van der Waals surface area contributed by atoms with Crippen molar-refractivity contribution >= 4 is 18.1 Å². The van der Waals surface area contributed by atoms with Crippen molar-refractivity contribution in [3.8, 4) is 0 Å². The van der Waals surface area contributed by atoms with Crippen molar-refractivity contribution < 1.29 is 24.2 Å². The van der Waals surface area contributed by atoms with Gasteiger partial charge < -0.3 is 24.5 Å². The molecule has 22 heavy (non-hydrogen) atoms. The smallest absolute Gasteiger partial charge is 0.407 e. The van der Waals surface area contributed by atoms with Gasteiger partial charge in [-0.05, 0) is 12.8 Å². The third kappa shape index (κ3) is 3.80. The van der Waals surface area contributed by atoms with E-state index in [0.29, 0.717) is 13.1 Å². The Bertz CT molecular complexity index is 440. The number of carboxylic acid groups (broad SMARTS) is 1. The standard InChI is InChI=1S/C14H25N3O5/c1-9(2)11(12(18)22-5)15(4)13(19)16-6-7-17(14(20)21)10(3)8-16/h9-11H,6-8H2,1-5H3,(H,20,21)/t10-,11-/m0/s1. The number of carbonyl (C=O) groups is 3. The Labute approximate surface area is 130 Å². The SMILES string of the molecule is COC(=O)[C@H](C(C)C)N(C)C(=O)N1CCN(C(=O)O)[C@@H](C)C1. The predicted octanol–water partition coefficient (Wildman–Crippen LogP) is 0.920. The van der Waals surface area contributed by atoms with Gasteiger partial charge in [-0.2, -0.15) is 0 Å². The molecule has 0 unspecified atom stereocenters. The van der Waals surface area contributed by atoms with Crippen LogP contribution in [0.15, 0.2) is 0 Å². The number of rotatable bonds is 3. The largest absolute Gasteiger partial charge is 0.467 e. The Hall–Kier alpha value is -1.99. The van der Waals surface area contributed by atoms with E-state index in [9.17, 15) is 14.4 Å². The highest BCUT2D eigenvalue weighted by Crippen LogP contribution is 2.16. The van der Waals surface area contributed by atoms with Crippen molar-refractivity contribution in [1.29, 1.82) is 0 Å². The molecule has 3 amide bonds. The minimum atomic E-state index is -0.984. The fourth-order valence-electron chi connectivity index (χ4n) is 2.76. The summed E-state index contributed by atoms with van der Waals surface area (Å²) in [5, 5.41) is 9.06. The maximum atomic E-state index is 12.6. The molecule has 0 spiro atoms. The van der Waals surface area contributed by atoms with Crippen molar-refractivity contribution in [3.63, 3.8) is 0 Å². The number of urea groups is 1. The summed E-state index contributed by atoms with van der Waals surface area (Å²) in [6.07, 6.45) is -0.984. The average Bonchev–Trinajstić information content (AvgIpc) is 2.45. The first-order chi connectivity index (χ1) is 10.2. The second kappa shape index (κ2) is 7.33. The molecule has 1 fully saturated rings. The van der Waals surface area contributed by atoms with Gasteiger partial charge in [0.2, 0.25) is 0 Å². The van der Waals surface area contributed by atoms with E-state index >= 15 is 0 Å². The van der Waals surface area contributed by atoms with Crippen LogP contribution in [0.5, 0.6) is 0 Å². The van der Waals surface area contributed by atoms with Crippen molar-refractivity contribution in [3.05, 3.63) is 0 Å². The molecular formula is C14H25N3O5. The van der Waals surface area contributed by atoms with Crippen molar-refractivity contribution in [2.45, 2.75) is 32.9 Å². The summed E-state index contributed by atoms with van der Waals surface area (Å²) in [5.74, 6) is -0.540. The monoisotopic (exact) mass is 315 g/mol. The molecule has 1 rings (SSSR count). The predicted molar refractivity (Wildman–Crippen MR) is 79.6 cm³/mol. The first-order valence-electron chi connectivity index (χ1n) is 7.29. The molecule has 0 bridgehead atoms. The number of likely N-dealkylation sites (N-methyl/N-ethyl adjacent to an activating group) is 1. The van der Waals surface area contributed by atoms with Gasteiger partial charge in [0, 0.05) is 32.7 Å². The summed E-state index contributed by atoms with van der Waals surface area (Å²) < 4.78 is 4.76. The first-order valence-corrected chi connectivity index (χ1v) is 7.29. The van der Waals surface area contributed by atoms with Gasteiger partial charge in [0.05, 0.1) is 7.11 Å². The van der Waals surface area contributed by atoms with Crippen LogP contribution in [0, 0.1) is 5.92 Å². The molecule has 1 aliphatic heterocycles.